The van der Waals surface area contributed by atoms with Crippen LogP contribution in [0.1, 0.15) is 20.8 Å². The molecule has 0 saturated heterocycles. The highest BCUT2D eigenvalue weighted by Gasteiger charge is 2.24. The Kier molecular flexibility index (Phi) is 4.83. The molecular formula is C23H18FN5OS. The van der Waals surface area contributed by atoms with Gasteiger partial charge in [0.25, 0.3) is 5.91 Å². The van der Waals surface area contributed by atoms with Crippen LogP contribution in [0.2, 0.25) is 0 Å². The van der Waals surface area contributed by atoms with Crippen LogP contribution in [0.25, 0.3) is 22.2 Å². The lowest BCUT2D eigenvalue weighted by atomic mass is 10.2. The van der Waals surface area contributed by atoms with Crippen molar-refractivity contribution in [2.75, 3.05) is 5.73 Å². The van der Waals surface area contributed by atoms with Gasteiger partial charge in [-0.1, -0.05) is 30.3 Å². The summed E-state index contributed by atoms with van der Waals surface area (Å²) in [6.45, 7) is 0.745. The van der Waals surface area contributed by atoms with Gasteiger partial charge in [-0.05, 0) is 41.3 Å². The largest absolute Gasteiger partial charge is 0.384 e. The molecule has 3 N–H and O–H groups in total. The molecule has 154 valence electrons. The van der Waals surface area contributed by atoms with Crippen molar-refractivity contribution in [1.29, 1.82) is 0 Å². The molecule has 5 aromatic rings. The molecule has 0 radical (unpaired) electrons. The van der Waals surface area contributed by atoms with Gasteiger partial charge in [-0.3, -0.25) is 4.79 Å². The van der Waals surface area contributed by atoms with Crippen molar-refractivity contribution in [3.8, 4) is 0 Å². The number of fused-ring (bicyclic) bond motifs is 2. The summed E-state index contributed by atoms with van der Waals surface area (Å²) in [5.74, 6) is -0.342. The Morgan fingerprint density at radius 2 is 1.77 bits per heavy atom. The molecule has 0 bridgehead atoms. The van der Waals surface area contributed by atoms with Crippen molar-refractivity contribution < 1.29 is 9.18 Å². The van der Waals surface area contributed by atoms with Gasteiger partial charge in [-0.2, -0.15) is 0 Å². The molecule has 0 fully saturated rings. The van der Waals surface area contributed by atoms with Crippen molar-refractivity contribution in [1.82, 2.24) is 19.9 Å². The van der Waals surface area contributed by atoms with E-state index >= 15 is 0 Å². The fourth-order valence-corrected chi connectivity index (χ4v) is 4.19. The van der Waals surface area contributed by atoms with Gasteiger partial charge in [-0.25, -0.2) is 14.4 Å². The van der Waals surface area contributed by atoms with Crippen molar-refractivity contribution >= 4 is 45.3 Å². The van der Waals surface area contributed by atoms with Crippen molar-refractivity contribution in [3.63, 3.8) is 0 Å². The number of aromatic nitrogens is 3. The van der Waals surface area contributed by atoms with E-state index in [1.165, 1.54) is 12.1 Å². The highest BCUT2D eigenvalue weighted by molar-refractivity contribution is 7.09. The first-order valence-electron chi connectivity index (χ1n) is 9.69. The number of rotatable bonds is 5. The minimum absolute atomic E-state index is 0.276. The van der Waals surface area contributed by atoms with Gasteiger partial charge in [0.2, 0.25) is 0 Å². The zero-order valence-corrected chi connectivity index (χ0v) is 17.2. The topological polar surface area (TPSA) is 85.8 Å². The predicted octanol–water partition coefficient (Wildman–Crippen LogP) is 4.35. The second-order valence-corrected chi connectivity index (χ2v) is 8.15. The molecule has 0 aliphatic heterocycles. The zero-order chi connectivity index (χ0) is 21.4. The summed E-state index contributed by atoms with van der Waals surface area (Å²) in [7, 11) is 0. The highest BCUT2D eigenvalue weighted by atomic mass is 32.1. The summed E-state index contributed by atoms with van der Waals surface area (Å²) in [4.78, 5) is 23.6. The van der Waals surface area contributed by atoms with Crippen LogP contribution >= 0.6 is 11.3 Å². The van der Waals surface area contributed by atoms with E-state index in [2.05, 4.69) is 5.32 Å². The van der Waals surface area contributed by atoms with Gasteiger partial charge in [0.05, 0.1) is 24.1 Å². The number of benzene rings is 2. The van der Waals surface area contributed by atoms with Crippen LogP contribution in [0.5, 0.6) is 0 Å². The third-order valence-electron chi connectivity index (χ3n) is 5.08. The summed E-state index contributed by atoms with van der Waals surface area (Å²) in [6, 6.07) is 17.5. The number of thiophene rings is 1. The fraction of sp³-hybridized carbons (Fsp3) is 0.0870. The first-order chi connectivity index (χ1) is 15.1. The standard InChI is InChI=1S/C23H18FN5OS/c24-15-9-7-14(8-10-15)13-29-21(25)19(23(30)26-12-16-4-3-11-31-16)20-22(29)28-18-6-2-1-5-17(18)27-20/h1-11H,12-13,25H2,(H,26,30). The molecule has 0 aliphatic carbocycles. The zero-order valence-electron chi connectivity index (χ0n) is 16.4. The van der Waals surface area contributed by atoms with Crippen LogP contribution in [0, 0.1) is 5.82 Å². The molecule has 8 heteroatoms. The SMILES string of the molecule is Nc1c(C(=O)NCc2cccs2)c2nc3ccccc3nc2n1Cc1ccc(F)cc1. The Balaban J connectivity index is 1.62. The number of amides is 1. The first-order valence-corrected chi connectivity index (χ1v) is 10.6. The minimum atomic E-state index is -0.312. The summed E-state index contributed by atoms with van der Waals surface area (Å²) in [6.07, 6.45) is 0. The van der Waals surface area contributed by atoms with Crippen LogP contribution in [0.4, 0.5) is 10.2 Å². The van der Waals surface area contributed by atoms with Gasteiger partial charge >= 0.3 is 0 Å². The number of hydrogen-bond donors (Lipinski definition) is 2. The van der Waals surface area contributed by atoms with E-state index in [1.54, 1.807) is 28.0 Å². The summed E-state index contributed by atoms with van der Waals surface area (Å²) < 4.78 is 15.1. The molecule has 0 atom stereocenters. The molecule has 3 aromatic heterocycles. The molecule has 0 spiro atoms. The van der Waals surface area contributed by atoms with Gasteiger partial charge in [0.15, 0.2) is 5.65 Å². The maximum absolute atomic E-state index is 13.3. The van der Waals surface area contributed by atoms with Crippen molar-refractivity contribution in [2.24, 2.45) is 0 Å². The molecule has 5 rings (SSSR count). The number of para-hydroxylation sites is 2. The second kappa shape index (κ2) is 7.81. The Morgan fingerprint density at radius 3 is 2.48 bits per heavy atom. The van der Waals surface area contributed by atoms with Crippen LogP contribution in [-0.4, -0.2) is 20.4 Å². The number of anilines is 1. The summed E-state index contributed by atoms with van der Waals surface area (Å²) in [5.41, 5.74) is 9.94. The number of hydrogen-bond acceptors (Lipinski definition) is 5. The predicted molar refractivity (Wildman–Crippen MR) is 120 cm³/mol. The normalized spacial score (nSPS) is 11.3. The monoisotopic (exact) mass is 431 g/mol. The van der Waals surface area contributed by atoms with E-state index < -0.39 is 0 Å². The Bertz CT molecular complexity index is 1390. The number of nitrogens with one attached hydrogen (secondary N) is 1. The molecule has 0 aliphatic rings. The average molecular weight is 431 g/mol. The minimum Gasteiger partial charge on any atom is -0.384 e. The highest BCUT2D eigenvalue weighted by Crippen LogP contribution is 2.29. The van der Waals surface area contributed by atoms with Gasteiger partial charge in [-0.15, -0.1) is 11.3 Å². The third kappa shape index (κ3) is 3.62. The Hall–Kier alpha value is -3.78. The smallest absolute Gasteiger partial charge is 0.257 e. The number of nitrogen functional groups attached to an aromatic ring is 1. The van der Waals surface area contributed by atoms with E-state index in [1.807, 2.05) is 41.8 Å². The quantitative estimate of drug-likeness (QED) is 0.433. The second-order valence-electron chi connectivity index (χ2n) is 7.12. The first kappa shape index (κ1) is 19.2. The van der Waals surface area contributed by atoms with E-state index in [-0.39, 0.29) is 17.5 Å². The number of nitrogens with zero attached hydrogens (tertiary/aromatic N) is 3. The van der Waals surface area contributed by atoms with Crippen LogP contribution in [-0.2, 0) is 13.1 Å². The summed E-state index contributed by atoms with van der Waals surface area (Å²) in [5, 5.41) is 4.89. The molecule has 0 saturated carbocycles. The molecule has 0 unspecified atom stereocenters. The van der Waals surface area contributed by atoms with Gasteiger partial charge < -0.3 is 15.6 Å². The lowest BCUT2D eigenvalue weighted by molar-refractivity contribution is 0.0953. The maximum atomic E-state index is 13.3. The van der Waals surface area contributed by atoms with E-state index in [9.17, 15) is 9.18 Å². The molecule has 3 heterocycles. The number of nitrogens with two attached hydrogens (primary N) is 1. The van der Waals surface area contributed by atoms with Crippen molar-refractivity contribution in [2.45, 2.75) is 13.1 Å². The van der Waals surface area contributed by atoms with Gasteiger partial charge in [0, 0.05) is 4.88 Å². The molecule has 6 nitrogen and oxygen atoms in total. The number of carbonyl (C=O) groups is 1. The third-order valence-corrected chi connectivity index (χ3v) is 5.95. The molecular weight excluding hydrogens is 413 g/mol. The maximum Gasteiger partial charge on any atom is 0.257 e. The molecule has 1 amide bonds. The number of carbonyl (C=O) groups excluding carboxylic acids is 1. The van der Waals surface area contributed by atoms with E-state index in [4.69, 9.17) is 15.7 Å². The van der Waals surface area contributed by atoms with Crippen LogP contribution < -0.4 is 11.1 Å². The van der Waals surface area contributed by atoms with Crippen molar-refractivity contribution in [3.05, 3.63) is 87.9 Å². The van der Waals surface area contributed by atoms with Gasteiger partial charge in [0.1, 0.15) is 22.7 Å². The Labute approximate surface area is 181 Å². The van der Waals surface area contributed by atoms with E-state index in [0.29, 0.717) is 40.9 Å². The number of halogens is 1. The summed E-state index contributed by atoms with van der Waals surface area (Å²) >= 11 is 1.57. The lowest BCUT2D eigenvalue weighted by Gasteiger charge is -2.08. The van der Waals surface area contributed by atoms with Crippen LogP contribution in [0.15, 0.2) is 66.0 Å². The molecule has 2 aromatic carbocycles. The van der Waals surface area contributed by atoms with E-state index in [0.717, 1.165) is 10.4 Å². The average Bonchev–Trinajstić information content (AvgIpc) is 3.39. The molecule has 31 heavy (non-hydrogen) atoms. The lowest BCUT2D eigenvalue weighted by Crippen LogP contribution is -2.23. The Morgan fingerprint density at radius 1 is 1.03 bits per heavy atom. The van der Waals surface area contributed by atoms with Crippen LogP contribution in [0.3, 0.4) is 0 Å². The fourth-order valence-electron chi connectivity index (χ4n) is 3.54.